The van der Waals surface area contributed by atoms with Crippen LogP contribution in [-0.4, -0.2) is 28.8 Å². The maximum Gasteiger partial charge on any atom is 0.346 e. The maximum atomic E-state index is 10.8. The lowest BCUT2D eigenvalue weighted by atomic mass is 10.2. The number of aliphatic hydroxyl groups excluding tert-OH is 1. The Bertz CT molecular complexity index is 320. The minimum absolute atomic E-state index is 0.0338. The van der Waals surface area contributed by atoms with Gasteiger partial charge < -0.3 is 15.5 Å². The van der Waals surface area contributed by atoms with Gasteiger partial charge in [-0.3, -0.25) is 0 Å². The van der Waals surface area contributed by atoms with Crippen molar-refractivity contribution in [3.8, 4) is 0 Å². The van der Waals surface area contributed by atoms with E-state index in [2.05, 4.69) is 5.32 Å². The van der Waals surface area contributed by atoms with E-state index in [-0.39, 0.29) is 12.6 Å². The first-order chi connectivity index (χ1) is 7.19. The molecule has 1 atom stereocenters. The van der Waals surface area contributed by atoms with Crippen LogP contribution in [0.2, 0.25) is 0 Å². The average molecular weight is 229 g/mol. The molecule has 0 radical (unpaired) electrons. The lowest BCUT2D eigenvalue weighted by molar-refractivity contribution is 0.0701. The van der Waals surface area contributed by atoms with Crippen LogP contribution in [0, 0.1) is 0 Å². The lowest BCUT2D eigenvalue weighted by Crippen LogP contribution is -2.31. The van der Waals surface area contributed by atoms with Crippen LogP contribution in [0.3, 0.4) is 0 Å². The highest BCUT2D eigenvalue weighted by molar-refractivity contribution is 7.12. The molecule has 15 heavy (non-hydrogen) atoms. The van der Waals surface area contributed by atoms with Gasteiger partial charge in [0.2, 0.25) is 0 Å². The molecular weight excluding hydrogens is 214 g/mol. The van der Waals surface area contributed by atoms with Gasteiger partial charge in [-0.15, -0.1) is 11.3 Å². The van der Waals surface area contributed by atoms with Gasteiger partial charge in [-0.2, -0.15) is 0 Å². The Morgan fingerprint density at radius 3 is 2.93 bits per heavy atom. The van der Waals surface area contributed by atoms with Crippen molar-refractivity contribution >= 4 is 17.3 Å². The molecule has 0 aliphatic heterocycles. The Kier molecular flexibility index (Phi) is 4.74. The fourth-order valence-electron chi connectivity index (χ4n) is 1.25. The third-order valence-electron chi connectivity index (χ3n) is 2.24. The number of hydrogen-bond donors (Lipinski definition) is 3. The summed E-state index contributed by atoms with van der Waals surface area (Å²) in [5, 5.41) is 22.7. The minimum Gasteiger partial charge on any atom is -0.477 e. The zero-order valence-electron chi connectivity index (χ0n) is 8.56. The van der Waals surface area contributed by atoms with Crippen LogP contribution in [-0.2, 0) is 6.54 Å². The fourth-order valence-corrected chi connectivity index (χ4v) is 2.02. The molecule has 1 heterocycles. The monoisotopic (exact) mass is 229 g/mol. The van der Waals surface area contributed by atoms with Crippen molar-refractivity contribution < 1.29 is 15.0 Å². The number of nitrogens with one attached hydrogen (secondary N) is 1. The van der Waals surface area contributed by atoms with E-state index in [1.807, 2.05) is 6.92 Å². The van der Waals surface area contributed by atoms with Gasteiger partial charge in [0, 0.05) is 12.6 Å². The molecule has 1 rings (SSSR count). The molecule has 1 aromatic heterocycles. The van der Waals surface area contributed by atoms with Crippen molar-refractivity contribution in [2.24, 2.45) is 0 Å². The van der Waals surface area contributed by atoms with Crippen LogP contribution in [0.25, 0.3) is 0 Å². The Labute approximate surface area is 92.6 Å². The van der Waals surface area contributed by atoms with Crippen LogP contribution >= 0.6 is 11.3 Å². The van der Waals surface area contributed by atoms with Crippen LogP contribution < -0.4 is 5.32 Å². The topological polar surface area (TPSA) is 69.6 Å². The summed E-state index contributed by atoms with van der Waals surface area (Å²) in [5.41, 5.74) is 0.777. The molecule has 0 bridgehead atoms. The van der Waals surface area contributed by atoms with Crippen molar-refractivity contribution in [2.75, 3.05) is 6.61 Å². The van der Waals surface area contributed by atoms with Crippen LogP contribution in [0.5, 0.6) is 0 Å². The highest BCUT2D eigenvalue weighted by Crippen LogP contribution is 2.16. The van der Waals surface area contributed by atoms with E-state index in [0.29, 0.717) is 11.4 Å². The number of carboxylic acids is 1. The molecule has 0 saturated heterocycles. The van der Waals surface area contributed by atoms with E-state index in [4.69, 9.17) is 10.2 Å². The first-order valence-corrected chi connectivity index (χ1v) is 5.70. The summed E-state index contributed by atoms with van der Waals surface area (Å²) in [6, 6.07) is 1.83. The molecule has 1 unspecified atom stereocenters. The second-order valence-corrected chi connectivity index (χ2v) is 4.16. The van der Waals surface area contributed by atoms with Crippen LogP contribution in [0.15, 0.2) is 11.4 Å². The number of aliphatic hydroxyl groups is 1. The highest BCUT2D eigenvalue weighted by atomic mass is 32.1. The van der Waals surface area contributed by atoms with Gasteiger partial charge in [0.05, 0.1) is 6.61 Å². The second-order valence-electron chi connectivity index (χ2n) is 3.25. The van der Waals surface area contributed by atoms with Gasteiger partial charge in [0.1, 0.15) is 4.88 Å². The fraction of sp³-hybridized carbons (Fsp3) is 0.500. The number of aromatic carboxylic acids is 1. The van der Waals surface area contributed by atoms with Crippen molar-refractivity contribution in [1.29, 1.82) is 0 Å². The van der Waals surface area contributed by atoms with Gasteiger partial charge in [-0.25, -0.2) is 4.79 Å². The zero-order chi connectivity index (χ0) is 11.3. The first-order valence-electron chi connectivity index (χ1n) is 4.83. The van der Waals surface area contributed by atoms with Crippen molar-refractivity contribution in [1.82, 2.24) is 5.32 Å². The molecule has 5 heteroatoms. The third-order valence-corrected chi connectivity index (χ3v) is 3.18. The first kappa shape index (κ1) is 12.2. The van der Waals surface area contributed by atoms with Crippen LogP contribution in [0.4, 0.5) is 0 Å². The summed E-state index contributed by atoms with van der Waals surface area (Å²) in [7, 11) is 0. The predicted octanol–water partition coefficient (Wildman–Crippen LogP) is 1.31. The molecule has 1 aromatic rings. The SMILES string of the molecule is CCC(CO)NCc1ccsc1C(=O)O. The molecule has 0 fully saturated rings. The number of carbonyl (C=O) groups is 1. The molecule has 4 nitrogen and oxygen atoms in total. The summed E-state index contributed by atoms with van der Waals surface area (Å²) in [6.07, 6.45) is 0.822. The Morgan fingerprint density at radius 1 is 1.67 bits per heavy atom. The summed E-state index contributed by atoms with van der Waals surface area (Å²) in [4.78, 5) is 11.2. The number of thiophene rings is 1. The standard InChI is InChI=1S/C10H15NO3S/c1-2-8(6-12)11-5-7-3-4-15-9(7)10(13)14/h3-4,8,11-12H,2,5-6H2,1H3,(H,13,14). The van der Waals surface area contributed by atoms with Crippen molar-refractivity contribution in [2.45, 2.75) is 25.9 Å². The molecule has 0 aliphatic carbocycles. The molecule has 0 aliphatic rings. The Balaban J connectivity index is 2.57. The quantitative estimate of drug-likeness (QED) is 0.688. The van der Waals surface area contributed by atoms with Gasteiger partial charge in [0.15, 0.2) is 0 Å². The second kappa shape index (κ2) is 5.85. The van der Waals surface area contributed by atoms with Gasteiger partial charge in [0.25, 0.3) is 0 Å². The average Bonchev–Trinajstić information content (AvgIpc) is 2.67. The Morgan fingerprint density at radius 2 is 2.40 bits per heavy atom. The van der Waals surface area contributed by atoms with Gasteiger partial charge in [-0.05, 0) is 23.4 Å². The number of hydrogen-bond acceptors (Lipinski definition) is 4. The number of carboxylic acid groups (broad SMARTS) is 1. The molecule has 0 spiro atoms. The molecule has 0 saturated carbocycles. The summed E-state index contributed by atoms with van der Waals surface area (Å²) < 4.78 is 0. The van der Waals surface area contributed by atoms with Crippen molar-refractivity contribution in [3.63, 3.8) is 0 Å². The molecule has 0 aromatic carbocycles. The number of rotatable bonds is 6. The van der Waals surface area contributed by atoms with Crippen LogP contribution in [0.1, 0.15) is 28.6 Å². The maximum absolute atomic E-state index is 10.8. The summed E-state index contributed by atoms with van der Waals surface area (Å²) in [5.74, 6) is -0.890. The smallest absolute Gasteiger partial charge is 0.346 e. The highest BCUT2D eigenvalue weighted by Gasteiger charge is 2.12. The van der Waals surface area contributed by atoms with E-state index in [0.717, 1.165) is 12.0 Å². The lowest BCUT2D eigenvalue weighted by Gasteiger charge is -2.13. The van der Waals surface area contributed by atoms with Gasteiger partial charge in [-0.1, -0.05) is 6.92 Å². The van der Waals surface area contributed by atoms with Crippen molar-refractivity contribution in [3.05, 3.63) is 21.9 Å². The minimum atomic E-state index is -0.890. The molecular formula is C10H15NO3S. The normalized spacial score (nSPS) is 12.7. The molecule has 84 valence electrons. The largest absolute Gasteiger partial charge is 0.477 e. The van der Waals surface area contributed by atoms with E-state index in [1.54, 1.807) is 11.4 Å². The molecule has 0 amide bonds. The predicted molar refractivity (Wildman–Crippen MR) is 59.3 cm³/mol. The van der Waals surface area contributed by atoms with E-state index >= 15 is 0 Å². The third kappa shape index (κ3) is 3.30. The van der Waals surface area contributed by atoms with Gasteiger partial charge >= 0.3 is 5.97 Å². The summed E-state index contributed by atoms with van der Waals surface area (Å²) >= 11 is 1.22. The molecule has 3 N–H and O–H groups in total. The summed E-state index contributed by atoms with van der Waals surface area (Å²) in [6.45, 7) is 2.53. The Hall–Kier alpha value is -0.910. The van der Waals surface area contributed by atoms with E-state index in [9.17, 15) is 4.79 Å². The van der Waals surface area contributed by atoms with E-state index in [1.165, 1.54) is 11.3 Å². The van der Waals surface area contributed by atoms with E-state index < -0.39 is 5.97 Å². The zero-order valence-corrected chi connectivity index (χ0v) is 9.38.